The summed E-state index contributed by atoms with van der Waals surface area (Å²) in [5.41, 5.74) is 13.7. The number of nitrogens with one attached hydrogen (secondary N) is 1. The fraction of sp³-hybridized carbons (Fsp3) is 0.333. The monoisotopic (exact) mass is 516 g/mol. The van der Waals surface area contributed by atoms with Gasteiger partial charge in [-0.25, -0.2) is 15.4 Å². The molecule has 4 rings (SSSR count). The van der Waals surface area contributed by atoms with E-state index in [4.69, 9.17) is 39.9 Å². The minimum Gasteiger partial charge on any atom is -0.382 e. The van der Waals surface area contributed by atoms with Gasteiger partial charge in [-0.15, -0.1) is 0 Å². The number of hydrogen-bond donors (Lipinski definition) is 4. The lowest BCUT2D eigenvalue weighted by atomic mass is 9.56. The number of piperidine rings is 1. The predicted molar refractivity (Wildman–Crippen MR) is 135 cm³/mol. The molecule has 2 aromatic rings. The van der Waals surface area contributed by atoms with Crippen molar-refractivity contribution in [2.75, 3.05) is 23.7 Å². The van der Waals surface area contributed by atoms with Crippen LogP contribution in [-0.4, -0.2) is 40.1 Å². The van der Waals surface area contributed by atoms with Gasteiger partial charge in [-0.1, -0.05) is 60.5 Å². The van der Waals surface area contributed by atoms with E-state index in [9.17, 15) is 9.59 Å². The standard InChI is InChI=1S/C24H26Cl2N6O3/c1-23(24(22(28)34)7-5-14(6-8-24)21(33)31-35)9-11-32(12-10-23)17-13-29-19(20(27)30-17)15-3-2-4-16(25)18(15)26/h2-7,13,35H,8-12H2,1H3,(H2,27,30)(H2,28,34)(H,31,33). The molecule has 1 aliphatic carbocycles. The Kier molecular flexibility index (Phi) is 6.77. The number of nitrogen functional groups attached to an aromatic ring is 1. The fourth-order valence-corrected chi connectivity index (χ4v) is 5.31. The number of hydroxylamine groups is 1. The quantitative estimate of drug-likeness (QED) is 0.351. The van der Waals surface area contributed by atoms with Crippen molar-refractivity contribution in [3.63, 3.8) is 0 Å². The van der Waals surface area contributed by atoms with Crippen LogP contribution in [0.4, 0.5) is 11.6 Å². The highest BCUT2D eigenvalue weighted by Gasteiger charge is 2.52. The Balaban J connectivity index is 1.53. The molecule has 1 aromatic carbocycles. The molecule has 1 saturated heterocycles. The van der Waals surface area contributed by atoms with Gasteiger partial charge in [-0.3, -0.25) is 14.8 Å². The molecule has 1 aliphatic heterocycles. The van der Waals surface area contributed by atoms with Crippen molar-refractivity contribution < 1.29 is 14.8 Å². The number of nitrogens with two attached hydrogens (primary N) is 2. The van der Waals surface area contributed by atoms with Crippen LogP contribution in [0.5, 0.6) is 0 Å². The third-order valence-corrected chi connectivity index (χ3v) is 8.08. The van der Waals surface area contributed by atoms with Crippen molar-refractivity contribution >= 4 is 46.7 Å². The SMILES string of the molecule is CC1(C2(C(N)=O)C=CC(C(=O)NO)=CC2)CCN(c2cnc(-c3cccc(Cl)c3Cl)c(N)n2)CC1. The van der Waals surface area contributed by atoms with Crippen LogP contribution >= 0.6 is 23.2 Å². The molecular weight excluding hydrogens is 491 g/mol. The lowest BCUT2D eigenvalue weighted by Gasteiger charge is -2.50. The van der Waals surface area contributed by atoms with Crippen LogP contribution < -0.4 is 21.8 Å². The molecule has 184 valence electrons. The molecule has 1 fully saturated rings. The zero-order valence-corrected chi connectivity index (χ0v) is 20.6. The van der Waals surface area contributed by atoms with E-state index in [0.29, 0.717) is 53.1 Å². The fourth-order valence-electron chi connectivity index (χ4n) is 4.92. The first-order valence-corrected chi connectivity index (χ1v) is 11.8. The number of nitrogens with zero attached hydrogens (tertiary/aromatic N) is 3. The smallest absolute Gasteiger partial charge is 0.274 e. The highest BCUT2D eigenvalue weighted by molar-refractivity contribution is 6.43. The first-order valence-electron chi connectivity index (χ1n) is 11.1. The molecule has 1 aromatic heterocycles. The van der Waals surface area contributed by atoms with Gasteiger partial charge in [0.05, 0.1) is 21.7 Å². The summed E-state index contributed by atoms with van der Waals surface area (Å²) in [5.74, 6) is -0.210. The lowest BCUT2D eigenvalue weighted by molar-refractivity contribution is -0.132. The van der Waals surface area contributed by atoms with Gasteiger partial charge in [0.15, 0.2) is 5.82 Å². The molecule has 2 amide bonds. The molecule has 9 nitrogen and oxygen atoms in total. The maximum absolute atomic E-state index is 12.7. The van der Waals surface area contributed by atoms with Crippen LogP contribution in [0.15, 0.2) is 48.2 Å². The van der Waals surface area contributed by atoms with Gasteiger partial charge < -0.3 is 16.4 Å². The van der Waals surface area contributed by atoms with Gasteiger partial charge in [-0.2, -0.15) is 0 Å². The van der Waals surface area contributed by atoms with Gasteiger partial charge in [0.1, 0.15) is 11.5 Å². The van der Waals surface area contributed by atoms with E-state index in [1.54, 1.807) is 48.1 Å². The Morgan fingerprint density at radius 3 is 2.51 bits per heavy atom. The number of aromatic nitrogens is 2. The number of hydrogen-bond acceptors (Lipinski definition) is 7. The lowest BCUT2D eigenvalue weighted by Crippen LogP contribution is -2.54. The number of anilines is 2. The van der Waals surface area contributed by atoms with Crippen molar-refractivity contribution in [2.45, 2.75) is 26.2 Å². The van der Waals surface area contributed by atoms with Crippen molar-refractivity contribution in [2.24, 2.45) is 16.6 Å². The zero-order valence-electron chi connectivity index (χ0n) is 19.1. The van der Waals surface area contributed by atoms with Crippen molar-refractivity contribution in [1.29, 1.82) is 0 Å². The molecule has 6 N–H and O–H groups in total. The highest BCUT2D eigenvalue weighted by atomic mass is 35.5. The molecule has 0 saturated carbocycles. The van der Waals surface area contributed by atoms with Crippen molar-refractivity contribution in [3.05, 3.63) is 58.2 Å². The summed E-state index contributed by atoms with van der Waals surface area (Å²) in [6.45, 7) is 3.26. The van der Waals surface area contributed by atoms with Gasteiger partial charge in [0.25, 0.3) is 5.91 Å². The molecule has 0 bridgehead atoms. The van der Waals surface area contributed by atoms with E-state index in [0.717, 1.165) is 0 Å². The zero-order chi connectivity index (χ0) is 25.4. The summed E-state index contributed by atoms with van der Waals surface area (Å²) in [6, 6.07) is 5.24. The predicted octanol–water partition coefficient (Wildman–Crippen LogP) is 3.50. The Morgan fingerprint density at radius 1 is 1.23 bits per heavy atom. The second kappa shape index (κ2) is 9.49. The minimum absolute atomic E-state index is 0.239. The van der Waals surface area contributed by atoms with E-state index in [-0.39, 0.29) is 17.8 Å². The minimum atomic E-state index is -0.948. The molecular formula is C24H26Cl2N6O3. The number of allylic oxidation sites excluding steroid dienone is 1. The number of rotatable bonds is 5. The Bertz CT molecular complexity index is 1240. The highest BCUT2D eigenvalue weighted by Crippen LogP contribution is 2.52. The van der Waals surface area contributed by atoms with Crippen LogP contribution in [0.2, 0.25) is 10.0 Å². The summed E-state index contributed by atoms with van der Waals surface area (Å²) in [6.07, 6.45) is 8.12. The molecule has 2 aliphatic rings. The molecule has 0 spiro atoms. The average Bonchev–Trinajstić information content (AvgIpc) is 2.85. The van der Waals surface area contributed by atoms with Crippen LogP contribution in [0, 0.1) is 10.8 Å². The van der Waals surface area contributed by atoms with Crippen LogP contribution in [0.25, 0.3) is 11.3 Å². The molecule has 2 heterocycles. The maximum Gasteiger partial charge on any atom is 0.274 e. The summed E-state index contributed by atoms with van der Waals surface area (Å²) in [7, 11) is 0. The summed E-state index contributed by atoms with van der Waals surface area (Å²) in [5, 5.41) is 9.66. The number of primary amides is 1. The second-order valence-corrected chi connectivity index (χ2v) is 9.87. The number of halogens is 2. The van der Waals surface area contributed by atoms with E-state index >= 15 is 0 Å². The molecule has 1 atom stereocenters. The summed E-state index contributed by atoms with van der Waals surface area (Å²) >= 11 is 12.4. The van der Waals surface area contributed by atoms with Crippen LogP contribution in [-0.2, 0) is 9.59 Å². The third-order valence-electron chi connectivity index (χ3n) is 7.26. The average molecular weight is 517 g/mol. The van der Waals surface area contributed by atoms with E-state index in [1.807, 2.05) is 6.92 Å². The summed E-state index contributed by atoms with van der Waals surface area (Å²) < 4.78 is 0. The third kappa shape index (κ3) is 4.35. The topological polar surface area (TPSA) is 147 Å². The Hall–Kier alpha value is -3.14. The maximum atomic E-state index is 12.7. The number of carbonyl (C=O) groups excluding carboxylic acids is 2. The van der Waals surface area contributed by atoms with Crippen LogP contribution in [0.1, 0.15) is 26.2 Å². The Labute approximate surface area is 212 Å². The largest absolute Gasteiger partial charge is 0.382 e. The van der Waals surface area contributed by atoms with E-state index < -0.39 is 22.6 Å². The summed E-state index contributed by atoms with van der Waals surface area (Å²) in [4.78, 5) is 35.5. The molecule has 1 unspecified atom stereocenters. The van der Waals surface area contributed by atoms with E-state index in [1.165, 1.54) is 0 Å². The molecule has 11 heteroatoms. The first kappa shape index (κ1) is 25.0. The van der Waals surface area contributed by atoms with E-state index in [2.05, 4.69) is 14.9 Å². The number of amides is 2. The van der Waals surface area contributed by atoms with Gasteiger partial charge in [0.2, 0.25) is 5.91 Å². The second-order valence-electron chi connectivity index (χ2n) is 9.08. The number of benzene rings is 1. The molecule has 35 heavy (non-hydrogen) atoms. The van der Waals surface area contributed by atoms with Crippen LogP contribution in [0.3, 0.4) is 0 Å². The van der Waals surface area contributed by atoms with Gasteiger partial charge in [0, 0.05) is 24.2 Å². The normalized spacial score (nSPS) is 21.4. The van der Waals surface area contributed by atoms with Crippen molar-refractivity contribution in [3.8, 4) is 11.3 Å². The van der Waals surface area contributed by atoms with Gasteiger partial charge in [-0.05, 0) is 30.7 Å². The van der Waals surface area contributed by atoms with Gasteiger partial charge >= 0.3 is 0 Å². The van der Waals surface area contributed by atoms with Crippen molar-refractivity contribution in [1.82, 2.24) is 15.4 Å². The Morgan fingerprint density at radius 2 is 1.94 bits per heavy atom. The first-order chi connectivity index (χ1) is 16.6. The molecule has 0 radical (unpaired) electrons. The number of carbonyl (C=O) groups is 2.